The summed E-state index contributed by atoms with van der Waals surface area (Å²) >= 11 is 0. The maximum absolute atomic E-state index is 13.0. The molecular formula is C13H19FN2O. The predicted molar refractivity (Wildman–Crippen MR) is 67.3 cm³/mol. The fraction of sp³-hybridized carbons (Fsp3) is 0.462. The molecular weight excluding hydrogens is 219 g/mol. The van der Waals surface area contributed by atoms with Crippen molar-refractivity contribution in [3.05, 3.63) is 29.6 Å². The minimum atomic E-state index is -0.491. The Bertz CT molecular complexity index is 393. The summed E-state index contributed by atoms with van der Waals surface area (Å²) in [5.74, 6) is -0.608. The zero-order valence-corrected chi connectivity index (χ0v) is 10.4. The lowest BCUT2D eigenvalue weighted by atomic mass is 10.1. The van der Waals surface area contributed by atoms with E-state index in [-0.39, 0.29) is 11.6 Å². The van der Waals surface area contributed by atoms with Gasteiger partial charge in [-0.1, -0.05) is 19.8 Å². The molecule has 1 rings (SSSR count). The Morgan fingerprint density at radius 3 is 2.71 bits per heavy atom. The van der Waals surface area contributed by atoms with Crippen molar-refractivity contribution in [2.75, 3.05) is 19.3 Å². The van der Waals surface area contributed by atoms with E-state index in [4.69, 9.17) is 5.73 Å². The van der Waals surface area contributed by atoms with E-state index in [1.165, 1.54) is 18.2 Å². The van der Waals surface area contributed by atoms with Gasteiger partial charge in [0.25, 0.3) is 5.91 Å². The molecule has 0 aliphatic carbocycles. The molecule has 0 fully saturated rings. The summed E-state index contributed by atoms with van der Waals surface area (Å²) in [5.41, 5.74) is 5.88. The highest BCUT2D eigenvalue weighted by Crippen LogP contribution is 2.14. The number of carbonyl (C=O) groups is 1. The molecule has 3 nitrogen and oxygen atoms in total. The number of carbonyl (C=O) groups excluding carboxylic acids is 1. The smallest absolute Gasteiger partial charge is 0.253 e. The third-order valence-electron chi connectivity index (χ3n) is 2.69. The van der Waals surface area contributed by atoms with Gasteiger partial charge in [-0.15, -0.1) is 0 Å². The normalized spacial score (nSPS) is 10.3. The van der Waals surface area contributed by atoms with Gasteiger partial charge >= 0.3 is 0 Å². The van der Waals surface area contributed by atoms with Crippen molar-refractivity contribution < 1.29 is 9.18 Å². The molecule has 1 amide bonds. The number of unbranched alkanes of at least 4 members (excludes halogenated alkanes) is 2. The summed E-state index contributed by atoms with van der Waals surface area (Å²) in [6, 6.07) is 4.07. The Kier molecular flexibility index (Phi) is 4.94. The molecule has 0 unspecified atom stereocenters. The molecule has 0 aliphatic rings. The number of nitrogen functional groups attached to an aromatic ring is 1. The summed E-state index contributed by atoms with van der Waals surface area (Å²) < 4.78 is 13.0. The zero-order valence-electron chi connectivity index (χ0n) is 10.4. The molecule has 17 heavy (non-hydrogen) atoms. The maximum Gasteiger partial charge on any atom is 0.253 e. The second-order valence-corrected chi connectivity index (χ2v) is 4.17. The fourth-order valence-electron chi connectivity index (χ4n) is 1.60. The maximum atomic E-state index is 13.0. The van der Waals surface area contributed by atoms with Crippen LogP contribution in [0.15, 0.2) is 18.2 Å². The first kappa shape index (κ1) is 13.5. The van der Waals surface area contributed by atoms with Crippen LogP contribution in [-0.4, -0.2) is 24.4 Å². The number of benzene rings is 1. The Morgan fingerprint density at radius 1 is 1.41 bits per heavy atom. The van der Waals surface area contributed by atoms with E-state index in [0.29, 0.717) is 12.1 Å². The first-order valence-corrected chi connectivity index (χ1v) is 5.86. The van der Waals surface area contributed by atoms with Crippen molar-refractivity contribution in [1.82, 2.24) is 4.90 Å². The average molecular weight is 238 g/mol. The van der Waals surface area contributed by atoms with Crippen molar-refractivity contribution in [2.24, 2.45) is 0 Å². The number of anilines is 1. The van der Waals surface area contributed by atoms with Gasteiger partial charge in [-0.3, -0.25) is 4.79 Å². The van der Waals surface area contributed by atoms with Crippen molar-refractivity contribution >= 4 is 11.6 Å². The molecule has 94 valence electrons. The van der Waals surface area contributed by atoms with E-state index in [1.54, 1.807) is 11.9 Å². The molecule has 4 heteroatoms. The van der Waals surface area contributed by atoms with E-state index >= 15 is 0 Å². The van der Waals surface area contributed by atoms with E-state index < -0.39 is 5.82 Å². The highest BCUT2D eigenvalue weighted by Gasteiger charge is 2.12. The van der Waals surface area contributed by atoms with Crippen LogP contribution in [0.4, 0.5) is 10.1 Å². The highest BCUT2D eigenvalue weighted by molar-refractivity contribution is 5.94. The van der Waals surface area contributed by atoms with Gasteiger partial charge in [-0.05, 0) is 24.6 Å². The lowest BCUT2D eigenvalue weighted by Gasteiger charge is -2.17. The first-order valence-electron chi connectivity index (χ1n) is 5.86. The summed E-state index contributed by atoms with van der Waals surface area (Å²) in [6.45, 7) is 2.83. The molecule has 0 saturated heterocycles. The van der Waals surface area contributed by atoms with Gasteiger partial charge in [0.15, 0.2) is 0 Å². The SMILES string of the molecule is CCCCCN(C)C(=O)c1ccc(F)c(N)c1. The lowest BCUT2D eigenvalue weighted by Crippen LogP contribution is -2.27. The minimum Gasteiger partial charge on any atom is -0.396 e. The van der Waals surface area contributed by atoms with Gasteiger partial charge in [0, 0.05) is 19.2 Å². The second kappa shape index (κ2) is 6.23. The third-order valence-corrected chi connectivity index (χ3v) is 2.69. The average Bonchev–Trinajstić information content (AvgIpc) is 2.32. The van der Waals surface area contributed by atoms with Gasteiger partial charge in [-0.2, -0.15) is 0 Å². The van der Waals surface area contributed by atoms with Crippen LogP contribution >= 0.6 is 0 Å². The van der Waals surface area contributed by atoms with Crippen molar-refractivity contribution in [1.29, 1.82) is 0 Å². The Balaban J connectivity index is 2.65. The number of amides is 1. The van der Waals surface area contributed by atoms with Crippen LogP contribution in [0.2, 0.25) is 0 Å². The highest BCUT2D eigenvalue weighted by atomic mass is 19.1. The number of nitrogens with zero attached hydrogens (tertiary/aromatic N) is 1. The van der Waals surface area contributed by atoms with Crippen LogP contribution in [0.1, 0.15) is 36.5 Å². The monoisotopic (exact) mass is 238 g/mol. The van der Waals surface area contributed by atoms with Crippen LogP contribution in [0.5, 0.6) is 0 Å². The van der Waals surface area contributed by atoms with E-state index in [1.807, 2.05) is 0 Å². The van der Waals surface area contributed by atoms with E-state index in [2.05, 4.69) is 6.92 Å². The Hall–Kier alpha value is -1.58. The van der Waals surface area contributed by atoms with Crippen LogP contribution in [0.25, 0.3) is 0 Å². The van der Waals surface area contributed by atoms with Crippen molar-refractivity contribution in [3.63, 3.8) is 0 Å². The number of hydrogen-bond acceptors (Lipinski definition) is 2. The topological polar surface area (TPSA) is 46.3 Å². The Labute approximate surface area is 101 Å². The van der Waals surface area contributed by atoms with Crippen LogP contribution in [0.3, 0.4) is 0 Å². The number of nitrogens with two attached hydrogens (primary N) is 1. The van der Waals surface area contributed by atoms with Gasteiger partial charge in [-0.25, -0.2) is 4.39 Å². The van der Waals surface area contributed by atoms with Crippen molar-refractivity contribution in [3.8, 4) is 0 Å². The van der Waals surface area contributed by atoms with E-state index in [0.717, 1.165) is 19.3 Å². The van der Waals surface area contributed by atoms with Crippen LogP contribution in [0, 0.1) is 5.82 Å². The van der Waals surface area contributed by atoms with Gasteiger partial charge in [0.05, 0.1) is 5.69 Å². The molecule has 0 spiro atoms. The fourth-order valence-corrected chi connectivity index (χ4v) is 1.60. The van der Waals surface area contributed by atoms with Crippen molar-refractivity contribution in [2.45, 2.75) is 26.2 Å². The Morgan fingerprint density at radius 2 is 2.12 bits per heavy atom. The molecule has 1 aromatic rings. The van der Waals surface area contributed by atoms with Gasteiger partial charge < -0.3 is 10.6 Å². The van der Waals surface area contributed by atoms with E-state index in [9.17, 15) is 9.18 Å². The second-order valence-electron chi connectivity index (χ2n) is 4.17. The largest absolute Gasteiger partial charge is 0.396 e. The standard InChI is InChI=1S/C13H19FN2O/c1-3-4-5-8-16(2)13(17)10-6-7-11(14)12(15)9-10/h6-7,9H,3-5,8,15H2,1-2H3. The van der Waals surface area contributed by atoms with Crippen LogP contribution < -0.4 is 5.73 Å². The summed E-state index contributed by atoms with van der Waals surface area (Å²) in [6.07, 6.45) is 3.20. The molecule has 0 saturated carbocycles. The summed E-state index contributed by atoms with van der Waals surface area (Å²) in [5, 5.41) is 0. The third kappa shape index (κ3) is 3.73. The van der Waals surface area contributed by atoms with Gasteiger partial charge in [0.1, 0.15) is 5.82 Å². The minimum absolute atomic E-state index is 0.0119. The lowest BCUT2D eigenvalue weighted by molar-refractivity contribution is 0.0792. The van der Waals surface area contributed by atoms with Gasteiger partial charge in [0.2, 0.25) is 0 Å². The number of hydrogen-bond donors (Lipinski definition) is 1. The van der Waals surface area contributed by atoms with Crippen LogP contribution in [-0.2, 0) is 0 Å². The molecule has 0 bridgehead atoms. The molecule has 0 aliphatic heterocycles. The summed E-state index contributed by atoms with van der Waals surface area (Å²) in [7, 11) is 1.75. The predicted octanol–water partition coefficient (Wildman–Crippen LogP) is 2.67. The molecule has 1 aromatic carbocycles. The number of rotatable bonds is 5. The molecule has 0 heterocycles. The number of halogens is 1. The zero-order chi connectivity index (χ0) is 12.8. The molecule has 0 aromatic heterocycles. The molecule has 2 N–H and O–H groups in total. The quantitative estimate of drug-likeness (QED) is 0.633. The first-order chi connectivity index (χ1) is 8.06. The molecule has 0 atom stereocenters. The molecule has 0 radical (unpaired) electrons. The summed E-state index contributed by atoms with van der Waals surface area (Å²) in [4.78, 5) is 13.6.